The zero-order valence-corrected chi connectivity index (χ0v) is 11.0. The molecule has 2 saturated carbocycles. The van der Waals surface area contributed by atoms with E-state index in [-0.39, 0.29) is 34.3 Å². The minimum atomic E-state index is -0.952. The Labute approximate surface area is 108 Å². The second kappa shape index (κ2) is 3.31. The summed E-state index contributed by atoms with van der Waals surface area (Å²) >= 11 is 3.60. The van der Waals surface area contributed by atoms with Crippen LogP contribution in [0.2, 0.25) is 0 Å². The molecule has 4 rings (SSSR count). The summed E-state index contributed by atoms with van der Waals surface area (Å²) in [6, 6.07) is 0. The maximum absolute atomic E-state index is 12.3. The van der Waals surface area contributed by atoms with Gasteiger partial charge in [-0.1, -0.05) is 28.1 Å². The predicted molar refractivity (Wildman–Crippen MR) is 65.8 cm³/mol. The fourth-order valence-corrected chi connectivity index (χ4v) is 5.06. The lowest BCUT2D eigenvalue weighted by molar-refractivity contribution is -0.133. The number of Topliss-reactive ketones (excluding diaryl/α,β-unsaturated/α-hetero) is 1. The normalized spacial score (nSPS) is 43.5. The molecule has 4 aliphatic rings. The maximum Gasteiger partial charge on any atom is 0.332 e. The van der Waals surface area contributed by atoms with E-state index in [9.17, 15) is 14.7 Å². The molecule has 0 saturated heterocycles. The number of carbonyl (C=O) groups is 2. The van der Waals surface area contributed by atoms with Crippen molar-refractivity contribution in [2.24, 2.45) is 23.7 Å². The Hall–Kier alpha value is -0.900. The van der Waals surface area contributed by atoms with E-state index < -0.39 is 5.97 Å². The van der Waals surface area contributed by atoms with Crippen LogP contribution in [0.15, 0.2) is 23.3 Å². The number of allylic oxidation sites excluding steroid dienone is 2. The summed E-state index contributed by atoms with van der Waals surface area (Å²) in [6.07, 6.45) is 0.903. The van der Waals surface area contributed by atoms with Crippen molar-refractivity contribution in [2.75, 3.05) is 0 Å². The monoisotopic (exact) mass is 296 g/mol. The van der Waals surface area contributed by atoms with Crippen molar-refractivity contribution in [2.45, 2.75) is 18.2 Å². The SMILES string of the molecule is C=C1[C@@H]2C(=O)C(C)=C(C(=O)O)[C@H]3[C@H](Br)[C@@H]2C[C@@H]13. The third-order valence-electron chi connectivity index (χ3n) is 4.64. The van der Waals surface area contributed by atoms with Gasteiger partial charge in [0.25, 0.3) is 0 Å². The molecule has 0 radical (unpaired) electrons. The second-order valence-electron chi connectivity index (χ2n) is 5.24. The van der Waals surface area contributed by atoms with Crippen molar-refractivity contribution in [3.05, 3.63) is 23.3 Å². The first-order valence-corrected chi connectivity index (χ1v) is 6.67. The molecule has 4 bridgehead atoms. The molecule has 4 aliphatic carbocycles. The van der Waals surface area contributed by atoms with Gasteiger partial charge in [-0.15, -0.1) is 0 Å². The van der Waals surface area contributed by atoms with Gasteiger partial charge < -0.3 is 5.11 Å². The topological polar surface area (TPSA) is 54.4 Å². The molecule has 0 aromatic carbocycles. The Morgan fingerprint density at radius 3 is 2.76 bits per heavy atom. The molecule has 0 spiro atoms. The van der Waals surface area contributed by atoms with Gasteiger partial charge in [0, 0.05) is 27.8 Å². The maximum atomic E-state index is 12.3. The fraction of sp³-hybridized carbons (Fsp3) is 0.538. The number of carboxylic acids is 1. The van der Waals surface area contributed by atoms with Crippen LogP contribution in [0.3, 0.4) is 0 Å². The number of hydrogen-bond donors (Lipinski definition) is 1. The van der Waals surface area contributed by atoms with Gasteiger partial charge in [0.05, 0.1) is 0 Å². The molecule has 0 aliphatic heterocycles. The molecule has 5 atom stereocenters. The molecule has 3 nitrogen and oxygen atoms in total. The number of hydrogen-bond acceptors (Lipinski definition) is 2. The second-order valence-corrected chi connectivity index (χ2v) is 6.29. The molecule has 1 N–H and O–H groups in total. The lowest BCUT2D eigenvalue weighted by atomic mass is 9.78. The predicted octanol–water partition coefficient (Wildman–Crippen LogP) is 2.17. The molecule has 0 unspecified atom stereocenters. The molecular weight excluding hydrogens is 284 g/mol. The number of carboxylic acid groups (broad SMARTS) is 1. The molecular formula is C13H13BrO3. The summed E-state index contributed by atoms with van der Waals surface area (Å²) in [5.41, 5.74) is 1.70. The Balaban J connectivity index is 2.24. The average molecular weight is 297 g/mol. The Kier molecular flexibility index (Phi) is 2.18. The van der Waals surface area contributed by atoms with E-state index in [0.717, 1.165) is 12.0 Å². The van der Waals surface area contributed by atoms with Gasteiger partial charge in [-0.05, 0) is 25.2 Å². The van der Waals surface area contributed by atoms with E-state index in [1.807, 2.05) is 0 Å². The van der Waals surface area contributed by atoms with Gasteiger partial charge in [-0.3, -0.25) is 4.79 Å². The summed E-state index contributed by atoms with van der Waals surface area (Å²) in [7, 11) is 0. The quantitative estimate of drug-likeness (QED) is 0.596. The summed E-state index contributed by atoms with van der Waals surface area (Å²) in [6.45, 7) is 5.68. The molecule has 17 heavy (non-hydrogen) atoms. The first kappa shape index (κ1) is 11.2. The highest BCUT2D eigenvalue weighted by molar-refractivity contribution is 9.09. The number of rotatable bonds is 1. The smallest absolute Gasteiger partial charge is 0.332 e. The number of alkyl halides is 1. The first-order valence-electron chi connectivity index (χ1n) is 5.76. The summed E-state index contributed by atoms with van der Waals surface area (Å²) in [4.78, 5) is 23.8. The first-order chi connectivity index (χ1) is 7.95. The number of ketones is 1. The van der Waals surface area contributed by atoms with Crippen molar-refractivity contribution in [3.63, 3.8) is 0 Å². The van der Waals surface area contributed by atoms with Gasteiger partial charge in [0.15, 0.2) is 5.78 Å². The van der Waals surface area contributed by atoms with Crippen LogP contribution in [0.25, 0.3) is 0 Å². The molecule has 0 aromatic heterocycles. The lowest BCUT2D eigenvalue weighted by Gasteiger charge is -2.30. The highest BCUT2D eigenvalue weighted by Crippen LogP contribution is 2.62. The number of fused-ring (bicyclic) bond motifs is 1. The standard InChI is InChI=1S/C13H13BrO3/c1-4-6-3-7-8(4)12(15)5(2)9(13(16)17)10(6)11(7)14/h6-8,10-11H,1,3H2,2H3,(H,16,17)/t6-,7+,8-,10-,11+/m0/s1. The molecule has 0 heterocycles. The van der Waals surface area contributed by atoms with Gasteiger partial charge in [0.1, 0.15) is 0 Å². The minimum Gasteiger partial charge on any atom is -0.478 e. The van der Waals surface area contributed by atoms with Crippen LogP contribution in [0.5, 0.6) is 0 Å². The van der Waals surface area contributed by atoms with Crippen LogP contribution < -0.4 is 0 Å². The zero-order chi connectivity index (χ0) is 12.5. The van der Waals surface area contributed by atoms with Crippen molar-refractivity contribution >= 4 is 27.7 Å². The molecule has 4 heteroatoms. The van der Waals surface area contributed by atoms with Crippen molar-refractivity contribution in [1.29, 1.82) is 0 Å². The highest BCUT2D eigenvalue weighted by Gasteiger charge is 2.60. The molecule has 2 fully saturated rings. The van der Waals surface area contributed by atoms with Crippen LogP contribution >= 0.6 is 15.9 Å². The van der Waals surface area contributed by atoms with Crippen LogP contribution in [-0.2, 0) is 9.59 Å². The van der Waals surface area contributed by atoms with E-state index in [1.54, 1.807) is 6.92 Å². The van der Waals surface area contributed by atoms with E-state index in [1.165, 1.54) is 0 Å². The van der Waals surface area contributed by atoms with Crippen LogP contribution in [-0.4, -0.2) is 21.7 Å². The Morgan fingerprint density at radius 2 is 2.18 bits per heavy atom. The minimum absolute atomic E-state index is 0.0237. The largest absolute Gasteiger partial charge is 0.478 e. The number of halogens is 1. The van der Waals surface area contributed by atoms with Crippen molar-refractivity contribution in [1.82, 2.24) is 0 Å². The van der Waals surface area contributed by atoms with Gasteiger partial charge >= 0.3 is 5.97 Å². The third-order valence-corrected chi connectivity index (χ3v) is 5.88. The van der Waals surface area contributed by atoms with Gasteiger partial charge in [0.2, 0.25) is 0 Å². The fourth-order valence-electron chi connectivity index (χ4n) is 3.91. The number of aliphatic carboxylic acids is 1. The summed E-state index contributed by atoms with van der Waals surface area (Å²) in [5, 5.41) is 9.35. The van der Waals surface area contributed by atoms with E-state index in [2.05, 4.69) is 22.5 Å². The van der Waals surface area contributed by atoms with E-state index in [0.29, 0.717) is 11.1 Å². The molecule has 90 valence electrons. The van der Waals surface area contributed by atoms with Gasteiger partial charge in [-0.25, -0.2) is 4.79 Å². The van der Waals surface area contributed by atoms with Crippen molar-refractivity contribution < 1.29 is 14.7 Å². The molecule has 0 aromatic rings. The molecule has 0 amide bonds. The van der Waals surface area contributed by atoms with Crippen molar-refractivity contribution in [3.8, 4) is 0 Å². The van der Waals surface area contributed by atoms with E-state index in [4.69, 9.17) is 0 Å². The van der Waals surface area contributed by atoms with Crippen LogP contribution in [0.4, 0.5) is 0 Å². The summed E-state index contributed by atoms with van der Waals surface area (Å²) in [5.74, 6) is -0.806. The lowest BCUT2D eigenvalue weighted by Crippen LogP contribution is -2.32. The highest BCUT2D eigenvalue weighted by atomic mass is 79.9. The van der Waals surface area contributed by atoms with E-state index >= 15 is 0 Å². The van der Waals surface area contributed by atoms with Gasteiger partial charge in [-0.2, -0.15) is 0 Å². The Bertz CT molecular complexity index is 491. The third kappa shape index (κ3) is 1.17. The van der Waals surface area contributed by atoms with Crippen LogP contribution in [0, 0.1) is 23.7 Å². The van der Waals surface area contributed by atoms with Crippen LogP contribution in [0.1, 0.15) is 13.3 Å². The number of carbonyl (C=O) groups excluding carboxylic acids is 1. The Morgan fingerprint density at radius 1 is 1.53 bits per heavy atom. The summed E-state index contributed by atoms with van der Waals surface area (Å²) < 4.78 is 0. The average Bonchev–Trinajstić information content (AvgIpc) is 2.69. The zero-order valence-electron chi connectivity index (χ0n) is 9.44.